The summed E-state index contributed by atoms with van der Waals surface area (Å²) in [5.41, 5.74) is 0.293. The molecule has 0 saturated heterocycles. The van der Waals surface area contributed by atoms with Gasteiger partial charge in [0, 0.05) is 12.5 Å². The maximum absolute atomic E-state index is 10.3. The molecule has 3 heteroatoms. The molecule has 3 nitrogen and oxygen atoms in total. The minimum absolute atomic E-state index is 0.293. The van der Waals surface area contributed by atoms with Gasteiger partial charge in [-0.3, -0.25) is 4.79 Å². The van der Waals surface area contributed by atoms with Gasteiger partial charge in [-0.2, -0.15) is 0 Å². The van der Waals surface area contributed by atoms with Crippen LogP contribution in [0.2, 0.25) is 0 Å². The first-order chi connectivity index (χ1) is 6.84. The SMILES string of the molecule is CC(NCCCCCC(=O)O)C(C)(C)C. The fraction of sp³-hybridized carbons (Fsp3) is 0.917. The molecule has 0 spiro atoms. The van der Waals surface area contributed by atoms with Gasteiger partial charge < -0.3 is 10.4 Å². The summed E-state index contributed by atoms with van der Waals surface area (Å²) in [7, 11) is 0. The van der Waals surface area contributed by atoms with Gasteiger partial charge in [-0.25, -0.2) is 0 Å². The van der Waals surface area contributed by atoms with Crippen LogP contribution < -0.4 is 5.32 Å². The van der Waals surface area contributed by atoms with E-state index < -0.39 is 5.97 Å². The minimum Gasteiger partial charge on any atom is -0.481 e. The van der Waals surface area contributed by atoms with Crippen molar-refractivity contribution >= 4 is 5.97 Å². The molecular weight excluding hydrogens is 190 g/mol. The topological polar surface area (TPSA) is 49.3 Å². The lowest BCUT2D eigenvalue weighted by atomic mass is 9.88. The lowest BCUT2D eigenvalue weighted by Crippen LogP contribution is -2.38. The zero-order valence-corrected chi connectivity index (χ0v) is 10.5. The molecule has 1 atom stereocenters. The van der Waals surface area contributed by atoms with Crippen molar-refractivity contribution in [2.45, 2.75) is 59.4 Å². The smallest absolute Gasteiger partial charge is 0.303 e. The quantitative estimate of drug-likeness (QED) is 0.642. The number of carbonyl (C=O) groups is 1. The summed E-state index contributed by atoms with van der Waals surface area (Å²) in [6, 6.07) is 0.497. The predicted molar refractivity (Wildman–Crippen MR) is 63.0 cm³/mol. The van der Waals surface area contributed by atoms with Crippen LogP contribution in [0.5, 0.6) is 0 Å². The van der Waals surface area contributed by atoms with Gasteiger partial charge in [-0.1, -0.05) is 27.2 Å². The summed E-state index contributed by atoms with van der Waals surface area (Å²) in [5, 5.41) is 11.9. The van der Waals surface area contributed by atoms with E-state index in [9.17, 15) is 4.79 Å². The van der Waals surface area contributed by atoms with E-state index in [0.717, 1.165) is 25.8 Å². The summed E-state index contributed by atoms with van der Waals surface area (Å²) in [5.74, 6) is -0.689. The highest BCUT2D eigenvalue weighted by atomic mass is 16.4. The van der Waals surface area contributed by atoms with E-state index in [1.807, 2.05) is 0 Å². The normalized spacial score (nSPS) is 13.9. The molecule has 1 unspecified atom stereocenters. The van der Waals surface area contributed by atoms with Crippen LogP contribution in [0.15, 0.2) is 0 Å². The van der Waals surface area contributed by atoms with Crippen LogP contribution >= 0.6 is 0 Å². The molecule has 0 fully saturated rings. The lowest BCUT2D eigenvalue weighted by Gasteiger charge is -2.28. The van der Waals surface area contributed by atoms with E-state index in [1.165, 1.54) is 0 Å². The number of nitrogens with one attached hydrogen (secondary N) is 1. The van der Waals surface area contributed by atoms with Crippen LogP contribution in [0.4, 0.5) is 0 Å². The number of aliphatic carboxylic acids is 1. The van der Waals surface area contributed by atoms with Crippen LogP contribution in [0.1, 0.15) is 53.4 Å². The first kappa shape index (κ1) is 14.4. The van der Waals surface area contributed by atoms with Crippen molar-refractivity contribution in [3.8, 4) is 0 Å². The molecule has 0 radical (unpaired) electrons. The van der Waals surface area contributed by atoms with Gasteiger partial charge in [0.2, 0.25) is 0 Å². The number of rotatable bonds is 7. The number of carboxylic acid groups (broad SMARTS) is 1. The fourth-order valence-electron chi connectivity index (χ4n) is 1.20. The zero-order chi connectivity index (χ0) is 11.9. The van der Waals surface area contributed by atoms with E-state index in [-0.39, 0.29) is 0 Å². The van der Waals surface area contributed by atoms with E-state index in [2.05, 4.69) is 33.0 Å². The Hall–Kier alpha value is -0.570. The van der Waals surface area contributed by atoms with Crippen LogP contribution in [0, 0.1) is 5.41 Å². The monoisotopic (exact) mass is 215 g/mol. The standard InChI is InChI=1S/C12H25NO2/c1-10(12(2,3)4)13-9-7-5-6-8-11(14)15/h10,13H,5-9H2,1-4H3,(H,14,15). The van der Waals surface area contributed by atoms with Crippen LogP contribution in [0.25, 0.3) is 0 Å². The van der Waals surface area contributed by atoms with Crippen LogP contribution in [-0.2, 0) is 4.79 Å². The molecule has 0 saturated carbocycles. The molecule has 0 aromatic heterocycles. The Balaban J connectivity index is 3.35. The van der Waals surface area contributed by atoms with Gasteiger partial charge >= 0.3 is 5.97 Å². The summed E-state index contributed by atoms with van der Waals surface area (Å²) < 4.78 is 0. The third kappa shape index (κ3) is 8.43. The van der Waals surface area contributed by atoms with Gasteiger partial charge in [-0.15, -0.1) is 0 Å². The molecule has 0 heterocycles. The Kier molecular flexibility index (Phi) is 6.57. The molecule has 0 aliphatic carbocycles. The second kappa shape index (κ2) is 6.83. The number of hydrogen-bond acceptors (Lipinski definition) is 2. The average molecular weight is 215 g/mol. The van der Waals surface area contributed by atoms with E-state index in [0.29, 0.717) is 17.9 Å². The fourth-order valence-corrected chi connectivity index (χ4v) is 1.20. The predicted octanol–water partition coefficient (Wildman–Crippen LogP) is 2.66. The van der Waals surface area contributed by atoms with E-state index >= 15 is 0 Å². The third-order valence-electron chi connectivity index (χ3n) is 2.82. The summed E-state index contributed by atoms with van der Waals surface area (Å²) >= 11 is 0. The molecule has 0 aliphatic rings. The maximum atomic E-state index is 10.3. The minimum atomic E-state index is -0.689. The molecule has 2 N–H and O–H groups in total. The molecule has 0 amide bonds. The Morgan fingerprint density at radius 1 is 1.27 bits per heavy atom. The van der Waals surface area contributed by atoms with Crippen LogP contribution in [0.3, 0.4) is 0 Å². The maximum Gasteiger partial charge on any atom is 0.303 e. The van der Waals surface area contributed by atoms with Crippen LogP contribution in [-0.4, -0.2) is 23.7 Å². The summed E-state index contributed by atoms with van der Waals surface area (Å²) in [4.78, 5) is 10.3. The van der Waals surface area contributed by atoms with Crippen molar-refractivity contribution in [3.05, 3.63) is 0 Å². The van der Waals surface area contributed by atoms with Crippen molar-refractivity contribution in [1.29, 1.82) is 0 Å². The Labute approximate surface area is 93.3 Å². The van der Waals surface area contributed by atoms with Crippen molar-refractivity contribution in [2.24, 2.45) is 5.41 Å². The van der Waals surface area contributed by atoms with E-state index in [4.69, 9.17) is 5.11 Å². The molecule has 0 aliphatic heterocycles. The largest absolute Gasteiger partial charge is 0.481 e. The second-order valence-corrected chi connectivity index (χ2v) is 5.25. The molecule has 15 heavy (non-hydrogen) atoms. The molecule has 90 valence electrons. The lowest BCUT2D eigenvalue weighted by molar-refractivity contribution is -0.137. The molecular formula is C12H25NO2. The number of carboxylic acids is 1. The second-order valence-electron chi connectivity index (χ2n) is 5.25. The average Bonchev–Trinajstić information content (AvgIpc) is 2.08. The van der Waals surface area contributed by atoms with Gasteiger partial charge in [0.05, 0.1) is 0 Å². The highest BCUT2D eigenvalue weighted by molar-refractivity contribution is 5.66. The number of unbranched alkanes of at least 4 members (excludes halogenated alkanes) is 2. The van der Waals surface area contributed by atoms with Crippen molar-refractivity contribution in [3.63, 3.8) is 0 Å². The first-order valence-electron chi connectivity index (χ1n) is 5.79. The van der Waals surface area contributed by atoms with Gasteiger partial charge in [0.1, 0.15) is 0 Å². The molecule has 0 bridgehead atoms. The zero-order valence-electron chi connectivity index (χ0n) is 10.5. The molecule has 0 rings (SSSR count). The summed E-state index contributed by atoms with van der Waals surface area (Å²) in [6.45, 7) is 9.83. The van der Waals surface area contributed by atoms with Gasteiger partial charge in [0.25, 0.3) is 0 Å². The molecule has 0 aromatic carbocycles. The van der Waals surface area contributed by atoms with Crippen molar-refractivity contribution in [2.75, 3.05) is 6.54 Å². The highest BCUT2D eigenvalue weighted by Crippen LogP contribution is 2.18. The Morgan fingerprint density at radius 2 is 1.87 bits per heavy atom. The van der Waals surface area contributed by atoms with Crippen molar-refractivity contribution in [1.82, 2.24) is 5.32 Å². The Bertz CT molecular complexity index is 185. The highest BCUT2D eigenvalue weighted by Gasteiger charge is 2.18. The van der Waals surface area contributed by atoms with Gasteiger partial charge in [-0.05, 0) is 31.7 Å². The molecule has 0 aromatic rings. The van der Waals surface area contributed by atoms with Gasteiger partial charge in [0.15, 0.2) is 0 Å². The summed E-state index contributed by atoms with van der Waals surface area (Å²) in [6.07, 6.45) is 3.15. The number of hydrogen-bond donors (Lipinski definition) is 2. The van der Waals surface area contributed by atoms with Crippen molar-refractivity contribution < 1.29 is 9.90 Å². The first-order valence-corrected chi connectivity index (χ1v) is 5.79. The third-order valence-corrected chi connectivity index (χ3v) is 2.82. The Morgan fingerprint density at radius 3 is 2.33 bits per heavy atom. The van der Waals surface area contributed by atoms with E-state index in [1.54, 1.807) is 0 Å².